The van der Waals surface area contributed by atoms with Gasteiger partial charge in [0.15, 0.2) is 0 Å². The van der Waals surface area contributed by atoms with Crippen molar-refractivity contribution in [3.63, 3.8) is 0 Å². The lowest BCUT2D eigenvalue weighted by atomic mass is 10.1. The van der Waals surface area contributed by atoms with E-state index in [0.717, 1.165) is 31.7 Å². The van der Waals surface area contributed by atoms with Gasteiger partial charge in [-0.05, 0) is 25.0 Å². The largest absolute Gasteiger partial charge is 0.394 e. The minimum Gasteiger partial charge on any atom is -0.394 e. The number of pyridine rings is 1. The third-order valence-corrected chi connectivity index (χ3v) is 3.41. The quantitative estimate of drug-likeness (QED) is 0.774. The number of hydrogen-bond acceptors (Lipinski definition) is 5. The van der Waals surface area contributed by atoms with Crippen molar-refractivity contribution in [2.24, 2.45) is 5.73 Å². The molecule has 19 heavy (non-hydrogen) atoms. The standard InChI is InChI=1S/C13H19N3O2S/c14-13(19)11-2-1-3-12(15-11)16-6-4-10(5-7-16)18-9-8-17/h1-3,10,17H,4-9H2,(H2,14,19). The zero-order valence-electron chi connectivity index (χ0n) is 10.8. The number of nitrogens with two attached hydrogens (primary N) is 1. The van der Waals surface area contributed by atoms with Crippen LogP contribution in [0.5, 0.6) is 0 Å². The molecule has 0 spiro atoms. The Morgan fingerprint density at radius 2 is 2.21 bits per heavy atom. The molecule has 0 aromatic carbocycles. The maximum Gasteiger partial charge on any atom is 0.129 e. The molecule has 0 radical (unpaired) electrons. The van der Waals surface area contributed by atoms with Gasteiger partial charge in [0.25, 0.3) is 0 Å². The van der Waals surface area contributed by atoms with Crippen LogP contribution in [0.1, 0.15) is 18.5 Å². The number of rotatable bonds is 5. The van der Waals surface area contributed by atoms with Crippen molar-refractivity contribution in [3.8, 4) is 0 Å². The Balaban J connectivity index is 1.94. The van der Waals surface area contributed by atoms with Gasteiger partial charge in [0.2, 0.25) is 0 Å². The Labute approximate surface area is 118 Å². The number of nitrogens with zero attached hydrogens (tertiary/aromatic N) is 2. The SMILES string of the molecule is NC(=S)c1cccc(N2CCC(OCCO)CC2)n1. The van der Waals surface area contributed by atoms with Gasteiger partial charge in [-0.1, -0.05) is 18.3 Å². The molecule has 2 rings (SSSR count). The van der Waals surface area contributed by atoms with Crippen molar-refractivity contribution in [3.05, 3.63) is 23.9 Å². The Morgan fingerprint density at radius 3 is 2.84 bits per heavy atom. The highest BCUT2D eigenvalue weighted by Crippen LogP contribution is 2.19. The summed E-state index contributed by atoms with van der Waals surface area (Å²) >= 11 is 4.94. The van der Waals surface area contributed by atoms with Crippen LogP contribution in [0, 0.1) is 0 Å². The van der Waals surface area contributed by atoms with Gasteiger partial charge in [0, 0.05) is 13.1 Å². The molecule has 0 aliphatic carbocycles. The van der Waals surface area contributed by atoms with Crippen molar-refractivity contribution in [2.75, 3.05) is 31.2 Å². The van der Waals surface area contributed by atoms with Gasteiger partial charge < -0.3 is 20.5 Å². The number of piperidine rings is 1. The predicted molar refractivity (Wildman–Crippen MR) is 78.4 cm³/mol. The van der Waals surface area contributed by atoms with Crippen molar-refractivity contribution in [2.45, 2.75) is 18.9 Å². The number of aromatic nitrogens is 1. The zero-order chi connectivity index (χ0) is 13.7. The van der Waals surface area contributed by atoms with Crippen molar-refractivity contribution >= 4 is 23.0 Å². The average molecular weight is 281 g/mol. The first kappa shape index (κ1) is 14.2. The molecule has 2 heterocycles. The van der Waals surface area contributed by atoms with E-state index in [9.17, 15) is 0 Å². The summed E-state index contributed by atoms with van der Waals surface area (Å²) in [7, 11) is 0. The van der Waals surface area contributed by atoms with E-state index in [1.807, 2.05) is 18.2 Å². The van der Waals surface area contributed by atoms with Crippen molar-refractivity contribution < 1.29 is 9.84 Å². The lowest BCUT2D eigenvalue weighted by molar-refractivity contribution is 0.0158. The number of thiocarbonyl (C=S) groups is 1. The molecule has 1 aliphatic rings. The smallest absolute Gasteiger partial charge is 0.129 e. The van der Waals surface area contributed by atoms with E-state index in [4.69, 9.17) is 27.8 Å². The Bertz CT molecular complexity index is 434. The summed E-state index contributed by atoms with van der Waals surface area (Å²) in [5.41, 5.74) is 6.25. The summed E-state index contributed by atoms with van der Waals surface area (Å²) in [5.74, 6) is 0.908. The molecule has 0 atom stereocenters. The van der Waals surface area contributed by atoms with Crippen molar-refractivity contribution in [1.82, 2.24) is 4.98 Å². The molecule has 1 aromatic rings. The highest BCUT2D eigenvalue weighted by atomic mass is 32.1. The molecule has 104 valence electrons. The minimum absolute atomic E-state index is 0.0811. The second-order valence-corrected chi connectivity index (χ2v) is 4.97. The second-order valence-electron chi connectivity index (χ2n) is 4.53. The zero-order valence-corrected chi connectivity index (χ0v) is 11.6. The Kier molecular flexibility index (Phi) is 5.07. The van der Waals surface area contributed by atoms with Crippen LogP contribution < -0.4 is 10.6 Å². The molecule has 1 aliphatic heterocycles. The van der Waals surface area contributed by atoms with Gasteiger partial charge in [-0.15, -0.1) is 0 Å². The lowest BCUT2D eigenvalue weighted by Crippen LogP contribution is -2.38. The van der Waals surface area contributed by atoms with Gasteiger partial charge in [0.1, 0.15) is 10.8 Å². The fourth-order valence-electron chi connectivity index (χ4n) is 2.21. The molecule has 3 N–H and O–H groups in total. The molecule has 6 heteroatoms. The van der Waals surface area contributed by atoms with Crippen LogP contribution in [0.15, 0.2) is 18.2 Å². The molecule has 5 nitrogen and oxygen atoms in total. The fourth-order valence-corrected chi connectivity index (χ4v) is 2.32. The first-order chi connectivity index (χ1) is 9.20. The van der Waals surface area contributed by atoms with Gasteiger partial charge in [-0.3, -0.25) is 0 Å². The molecule has 0 bridgehead atoms. The van der Waals surface area contributed by atoms with Crippen molar-refractivity contribution in [1.29, 1.82) is 0 Å². The Morgan fingerprint density at radius 1 is 1.47 bits per heavy atom. The third kappa shape index (κ3) is 3.86. The summed E-state index contributed by atoms with van der Waals surface area (Å²) in [6.45, 7) is 2.28. The second kappa shape index (κ2) is 6.79. The molecule has 1 aromatic heterocycles. The first-order valence-electron chi connectivity index (χ1n) is 6.45. The highest BCUT2D eigenvalue weighted by Gasteiger charge is 2.20. The monoisotopic (exact) mass is 281 g/mol. The minimum atomic E-state index is 0.0811. The fraction of sp³-hybridized carbons (Fsp3) is 0.538. The van der Waals surface area contributed by atoms with Gasteiger partial charge in [-0.2, -0.15) is 0 Å². The Hall–Kier alpha value is -1.24. The summed E-state index contributed by atoms with van der Waals surface area (Å²) in [5, 5.41) is 8.74. The number of anilines is 1. The lowest BCUT2D eigenvalue weighted by Gasteiger charge is -2.32. The number of aliphatic hydroxyl groups is 1. The molecule has 1 fully saturated rings. The van der Waals surface area contributed by atoms with Crippen LogP contribution in [0.25, 0.3) is 0 Å². The van der Waals surface area contributed by atoms with E-state index in [1.54, 1.807) is 0 Å². The number of ether oxygens (including phenoxy) is 1. The van der Waals surface area contributed by atoms with Crippen LogP contribution in [0.2, 0.25) is 0 Å². The van der Waals surface area contributed by atoms with E-state index in [-0.39, 0.29) is 12.7 Å². The van der Waals surface area contributed by atoms with E-state index in [2.05, 4.69) is 9.88 Å². The number of aliphatic hydroxyl groups excluding tert-OH is 1. The maximum absolute atomic E-state index is 8.74. The molecule has 0 amide bonds. The summed E-state index contributed by atoms with van der Waals surface area (Å²) in [4.78, 5) is 6.99. The van der Waals surface area contributed by atoms with E-state index in [1.165, 1.54) is 0 Å². The molecular weight excluding hydrogens is 262 g/mol. The summed E-state index contributed by atoms with van der Waals surface area (Å²) in [6, 6.07) is 5.71. The van der Waals surface area contributed by atoms with Crippen LogP contribution in [0.4, 0.5) is 5.82 Å². The van der Waals surface area contributed by atoms with E-state index < -0.39 is 0 Å². The molecule has 1 saturated heterocycles. The summed E-state index contributed by atoms with van der Waals surface area (Å²) in [6.07, 6.45) is 2.12. The molecule has 0 saturated carbocycles. The normalized spacial score (nSPS) is 16.6. The third-order valence-electron chi connectivity index (χ3n) is 3.20. The maximum atomic E-state index is 8.74. The van der Waals surface area contributed by atoms with E-state index >= 15 is 0 Å². The topological polar surface area (TPSA) is 71.6 Å². The average Bonchev–Trinajstić information content (AvgIpc) is 2.46. The highest BCUT2D eigenvalue weighted by molar-refractivity contribution is 7.80. The van der Waals surface area contributed by atoms with Gasteiger partial charge in [-0.25, -0.2) is 4.98 Å². The van der Waals surface area contributed by atoms with Gasteiger partial charge >= 0.3 is 0 Å². The molecule has 0 unspecified atom stereocenters. The first-order valence-corrected chi connectivity index (χ1v) is 6.86. The summed E-state index contributed by atoms with van der Waals surface area (Å²) < 4.78 is 5.54. The van der Waals surface area contributed by atoms with Crippen LogP contribution in [0.3, 0.4) is 0 Å². The number of hydrogen-bond donors (Lipinski definition) is 2. The predicted octanol–water partition coefficient (Wildman–Crippen LogP) is 0.694. The van der Waals surface area contributed by atoms with Crippen LogP contribution in [-0.2, 0) is 4.74 Å². The van der Waals surface area contributed by atoms with Crippen LogP contribution >= 0.6 is 12.2 Å². The van der Waals surface area contributed by atoms with E-state index in [0.29, 0.717) is 17.3 Å². The van der Waals surface area contributed by atoms with Gasteiger partial charge in [0.05, 0.1) is 25.0 Å². The molecular formula is C13H19N3O2S. The van der Waals surface area contributed by atoms with Crippen LogP contribution in [-0.4, -0.2) is 47.5 Å².